The topological polar surface area (TPSA) is 101 Å². The Bertz CT molecular complexity index is 1230. The Kier molecular flexibility index (Phi) is 4.73. The van der Waals surface area contributed by atoms with Gasteiger partial charge in [-0.25, -0.2) is 18.0 Å². The first-order chi connectivity index (χ1) is 13.8. The van der Waals surface area contributed by atoms with Gasteiger partial charge in [-0.3, -0.25) is 14.4 Å². The average molecular weight is 447 g/mol. The van der Waals surface area contributed by atoms with Crippen molar-refractivity contribution in [2.75, 3.05) is 4.90 Å². The summed E-state index contributed by atoms with van der Waals surface area (Å²) < 4.78 is 26.6. The molecule has 1 aromatic heterocycles. The van der Waals surface area contributed by atoms with E-state index in [-0.39, 0.29) is 19.8 Å². The maximum atomic E-state index is 12.5. The minimum absolute atomic E-state index is 0.0524. The molecule has 0 saturated carbocycles. The second-order valence-electron chi connectivity index (χ2n) is 6.03. The molecule has 7 nitrogen and oxygen atoms in total. The molecule has 10 heteroatoms. The maximum Gasteiger partial charge on any atom is 0.273 e. The van der Waals surface area contributed by atoms with Crippen LogP contribution in [-0.2, 0) is 10.0 Å². The first-order valence-electron chi connectivity index (χ1n) is 8.18. The molecule has 3 amide bonds. The Morgan fingerprint density at radius 1 is 0.897 bits per heavy atom. The van der Waals surface area contributed by atoms with Crippen molar-refractivity contribution < 1.29 is 22.8 Å². The van der Waals surface area contributed by atoms with Crippen molar-refractivity contribution in [2.45, 2.75) is 4.21 Å². The van der Waals surface area contributed by atoms with Crippen LogP contribution in [0.25, 0.3) is 0 Å². The van der Waals surface area contributed by atoms with Gasteiger partial charge in [0.2, 0.25) is 0 Å². The molecule has 2 aromatic carbocycles. The fourth-order valence-electron chi connectivity index (χ4n) is 2.86. The third-order valence-corrected chi connectivity index (χ3v) is 7.28. The zero-order chi connectivity index (χ0) is 20.8. The van der Waals surface area contributed by atoms with E-state index in [4.69, 9.17) is 11.6 Å². The number of anilines is 1. The van der Waals surface area contributed by atoms with Gasteiger partial charge in [0.05, 0.1) is 21.2 Å². The highest BCUT2D eigenvalue weighted by Crippen LogP contribution is 2.29. The Morgan fingerprint density at radius 3 is 2.00 bits per heavy atom. The molecular weight excluding hydrogens is 436 g/mol. The lowest BCUT2D eigenvalue weighted by molar-refractivity contribution is 0.0924. The quantitative estimate of drug-likeness (QED) is 0.619. The number of hydrogen-bond donors (Lipinski definition) is 1. The summed E-state index contributed by atoms with van der Waals surface area (Å²) in [6.07, 6.45) is 0. The third kappa shape index (κ3) is 3.44. The lowest BCUT2D eigenvalue weighted by atomic mass is 10.1. The number of nitrogens with zero attached hydrogens (tertiary/aromatic N) is 1. The Morgan fingerprint density at radius 2 is 1.48 bits per heavy atom. The SMILES string of the molecule is O=C(NS(=O)(=O)c1ccc(Cl)s1)c1ccc(N2C(=O)c3ccccc3C2=O)cc1. The summed E-state index contributed by atoms with van der Waals surface area (Å²) in [6, 6.07) is 14.7. The second kappa shape index (κ2) is 7.11. The van der Waals surface area contributed by atoms with Gasteiger partial charge in [-0.1, -0.05) is 23.7 Å². The molecule has 0 unspecified atom stereocenters. The minimum atomic E-state index is -4.05. The Labute approximate surface area is 174 Å². The summed E-state index contributed by atoms with van der Waals surface area (Å²) >= 11 is 6.57. The predicted molar refractivity (Wildman–Crippen MR) is 108 cm³/mol. The first kappa shape index (κ1) is 19.3. The van der Waals surface area contributed by atoms with Crippen molar-refractivity contribution in [1.82, 2.24) is 4.72 Å². The maximum absolute atomic E-state index is 12.5. The van der Waals surface area contributed by atoms with Crippen LogP contribution < -0.4 is 9.62 Å². The molecule has 146 valence electrons. The summed E-state index contributed by atoms with van der Waals surface area (Å²) in [4.78, 5) is 38.3. The van der Waals surface area contributed by atoms with Gasteiger partial charge < -0.3 is 0 Å². The van der Waals surface area contributed by atoms with E-state index >= 15 is 0 Å². The fraction of sp³-hybridized carbons (Fsp3) is 0. The summed E-state index contributed by atoms with van der Waals surface area (Å²) in [7, 11) is -4.05. The molecule has 0 radical (unpaired) electrons. The summed E-state index contributed by atoms with van der Waals surface area (Å²) in [6.45, 7) is 0. The van der Waals surface area contributed by atoms with Crippen molar-refractivity contribution >= 4 is 56.4 Å². The average Bonchev–Trinajstić information content (AvgIpc) is 3.25. The summed E-state index contributed by atoms with van der Waals surface area (Å²) in [5.74, 6) is -1.76. The Hall–Kier alpha value is -3.01. The van der Waals surface area contributed by atoms with Crippen LogP contribution in [0.3, 0.4) is 0 Å². The smallest absolute Gasteiger partial charge is 0.268 e. The number of imide groups is 1. The minimum Gasteiger partial charge on any atom is -0.268 e. The Balaban J connectivity index is 1.55. The highest BCUT2D eigenvalue weighted by atomic mass is 35.5. The monoisotopic (exact) mass is 446 g/mol. The number of hydrogen-bond acceptors (Lipinski definition) is 6. The fourth-order valence-corrected chi connectivity index (χ4v) is 5.32. The third-order valence-electron chi connectivity index (χ3n) is 4.22. The molecule has 1 aliphatic heterocycles. The molecule has 2 heterocycles. The zero-order valence-corrected chi connectivity index (χ0v) is 16.8. The van der Waals surface area contributed by atoms with E-state index < -0.39 is 27.7 Å². The number of benzene rings is 2. The van der Waals surface area contributed by atoms with E-state index in [9.17, 15) is 22.8 Å². The molecule has 4 rings (SSSR count). The molecule has 0 atom stereocenters. The van der Waals surface area contributed by atoms with Gasteiger partial charge >= 0.3 is 0 Å². The standard InChI is InChI=1S/C19H11ClN2O5S2/c20-15-9-10-16(28-15)29(26,27)21-17(23)11-5-7-12(8-6-11)22-18(24)13-3-1-2-4-14(13)19(22)25/h1-10H,(H,21,23). The largest absolute Gasteiger partial charge is 0.273 e. The van der Waals surface area contributed by atoms with Crippen molar-refractivity contribution in [3.63, 3.8) is 0 Å². The normalized spacial score (nSPS) is 13.5. The highest BCUT2D eigenvalue weighted by Gasteiger charge is 2.36. The first-order valence-corrected chi connectivity index (χ1v) is 10.9. The van der Waals surface area contributed by atoms with E-state index in [1.54, 1.807) is 24.3 Å². The van der Waals surface area contributed by atoms with Gasteiger partial charge in [0.15, 0.2) is 0 Å². The van der Waals surface area contributed by atoms with Gasteiger partial charge in [0, 0.05) is 5.56 Å². The second-order valence-corrected chi connectivity index (χ2v) is 9.66. The lowest BCUT2D eigenvalue weighted by Gasteiger charge is -2.14. The number of fused-ring (bicyclic) bond motifs is 1. The molecule has 3 aromatic rings. The zero-order valence-electron chi connectivity index (χ0n) is 14.5. The molecule has 0 fully saturated rings. The van der Waals surface area contributed by atoms with E-state index in [2.05, 4.69) is 0 Å². The van der Waals surface area contributed by atoms with E-state index in [0.717, 1.165) is 16.2 Å². The van der Waals surface area contributed by atoms with E-state index in [0.29, 0.717) is 11.1 Å². The molecule has 0 spiro atoms. The lowest BCUT2D eigenvalue weighted by Crippen LogP contribution is -2.31. The molecule has 1 aliphatic rings. The number of sulfonamides is 1. The van der Waals surface area contributed by atoms with E-state index in [1.165, 1.54) is 36.4 Å². The van der Waals surface area contributed by atoms with E-state index in [1.807, 2.05) is 4.72 Å². The molecule has 1 N–H and O–H groups in total. The summed E-state index contributed by atoms with van der Waals surface area (Å²) in [5.41, 5.74) is 0.942. The van der Waals surface area contributed by atoms with Crippen molar-refractivity contribution in [3.05, 3.63) is 81.7 Å². The van der Waals surface area contributed by atoms with Crippen molar-refractivity contribution in [3.8, 4) is 0 Å². The van der Waals surface area contributed by atoms with Gasteiger partial charge in [-0.2, -0.15) is 0 Å². The number of carbonyl (C=O) groups is 3. The van der Waals surface area contributed by atoms with Gasteiger partial charge in [0.25, 0.3) is 27.7 Å². The van der Waals surface area contributed by atoms with Crippen LogP contribution in [0.4, 0.5) is 5.69 Å². The molecule has 0 bridgehead atoms. The number of halogens is 1. The molecule has 0 aliphatic carbocycles. The molecule has 29 heavy (non-hydrogen) atoms. The van der Waals surface area contributed by atoms with Crippen molar-refractivity contribution in [1.29, 1.82) is 0 Å². The number of amides is 3. The predicted octanol–water partition coefficient (Wildman–Crippen LogP) is 3.32. The van der Waals surface area contributed by atoms with Crippen LogP contribution in [0.15, 0.2) is 64.9 Å². The van der Waals surface area contributed by atoms with Crippen LogP contribution in [0.2, 0.25) is 4.34 Å². The van der Waals surface area contributed by atoms with Gasteiger partial charge in [-0.05, 0) is 48.5 Å². The van der Waals surface area contributed by atoms with Gasteiger partial charge in [0.1, 0.15) is 4.21 Å². The number of nitrogens with one attached hydrogen (secondary N) is 1. The highest BCUT2D eigenvalue weighted by molar-refractivity contribution is 7.92. The van der Waals surface area contributed by atoms with Crippen LogP contribution in [0, 0.1) is 0 Å². The van der Waals surface area contributed by atoms with Crippen LogP contribution in [0.5, 0.6) is 0 Å². The van der Waals surface area contributed by atoms with Crippen LogP contribution in [0.1, 0.15) is 31.1 Å². The van der Waals surface area contributed by atoms with Crippen LogP contribution in [-0.4, -0.2) is 26.1 Å². The molecule has 0 saturated heterocycles. The van der Waals surface area contributed by atoms with Gasteiger partial charge in [-0.15, -0.1) is 11.3 Å². The number of thiophene rings is 1. The van der Waals surface area contributed by atoms with Crippen molar-refractivity contribution in [2.24, 2.45) is 0 Å². The van der Waals surface area contributed by atoms with Crippen LogP contribution >= 0.6 is 22.9 Å². The number of rotatable bonds is 4. The summed E-state index contributed by atoms with van der Waals surface area (Å²) in [5, 5.41) is 0. The molecular formula is C19H11ClN2O5S2. The number of carbonyl (C=O) groups excluding carboxylic acids is 3.